The van der Waals surface area contributed by atoms with Crippen molar-refractivity contribution in [2.45, 2.75) is 0 Å². The highest BCUT2D eigenvalue weighted by Gasteiger charge is 2.03. The molecule has 0 radical (unpaired) electrons. The molecule has 0 fully saturated rings. The molecule has 0 amide bonds. The summed E-state index contributed by atoms with van der Waals surface area (Å²) in [5, 5.41) is 14.9. The lowest BCUT2D eigenvalue weighted by Crippen LogP contribution is -2.11. The number of nitrogens with zero attached hydrogens (tertiary/aromatic N) is 2. The molecule has 0 saturated carbocycles. The lowest BCUT2D eigenvalue weighted by Gasteiger charge is -1.98. The molecule has 2 rings (SSSR count). The van der Waals surface area contributed by atoms with E-state index in [2.05, 4.69) is 10.2 Å². The van der Waals surface area contributed by atoms with Crippen molar-refractivity contribution < 1.29 is 0 Å². The van der Waals surface area contributed by atoms with Gasteiger partial charge in [0, 0.05) is 5.56 Å². The van der Waals surface area contributed by atoms with Gasteiger partial charge in [-0.2, -0.15) is 10.4 Å². The number of nitriles is 1. The molecule has 2 aromatic rings. The Morgan fingerprint density at radius 1 is 1.27 bits per heavy atom. The Morgan fingerprint density at radius 2 is 2.00 bits per heavy atom. The highest BCUT2D eigenvalue weighted by atomic mass is 16.1. The first-order valence-corrected chi connectivity index (χ1v) is 4.36. The van der Waals surface area contributed by atoms with Gasteiger partial charge in [-0.25, -0.2) is 5.10 Å². The summed E-state index contributed by atoms with van der Waals surface area (Å²) >= 11 is 0. The summed E-state index contributed by atoms with van der Waals surface area (Å²) in [6.45, 7) is 0. The minimum absolute atomic E-state index is 0.0730. The highest BCUT2D eigenvalue weighted by molar-refractivity contribution is 5.59. The molecule has 1 aromatic carbocycles. The van der Waals surface area contributed by atoms with Gasteiger partial charge >= 0.3 is 0 Å². The third kappa shape index (κ3) is 1.76. The predicted molar refractivity (Wildman–Crippen MR) is 55.0 cm³/mol. The van der Waals surface area contributed by atoms with Crippen LogP contribution in [0.25, 0.3) is 11.3 Å². The summed E-state index contributed by atoms with van der Waals surface area (Å²) < 4.78 is 0. The standard InChI is InChI=1S/C11H7N3O/c12-7-9-6-10(13-14-11(9)15)8-4-2-1-3-5-8/h1-6H,(H,14,15). The van der Waals surface area contributed by atoms with Gasteiger partial charge in [0.1, 0.15) is 11.6 Å². The Morgan fingerprint density at radius 3 is 2.67 bits per heavy atom. The third-order valence-electron chi connectivity index (χ3n) is 1.99. The molecule has 1 aromatic heterocycles. The van der Waals surface area contributed by atoms with E-state index in [-0.39, 0.29) is 5.56 Å². The third-order valence-corrected chi connectivity index (χ3v) is 1.99. The first-order chi connectivity index (χ1) is 7.31. The Labute approximate surface area is 85.8 Å². The van der Waals surface area contributed by atoms with Gasteiger partial charge in [0.05, 0.1) is 5.69 Å². The molecule has 0 spiro atoms. The monoisotopic (exact) mass is 197 g/mol. The van der Waals surface area contributed by atoms with Crippen LogP contribution in [0.1, 0.15) is 5.56 Å². The molecule has 0 aliphatic carbocycles. The number of aromatic amines is 1. The van der Waals surface area contributed by atoms with E-state index in [0.29, 0.717) is 5.69 Å². The molecule has 4 nitrogen and oxygen atoms in total. The summed E-state index contributed by atoms with van der Waals surface area (Å²) in [6, 6.07) is 12.7. The van der Waals surface area contributed by atoms with Crippen molar-refractivity contribution >= 4 is 0 Å². The van der Waals surface area contributed by atoms with Crippen LogP contribution in [0.5, 0.6) is 0 Å². The average Bonchev–Trinajstić information content (AvgIpc) is 2.31. The van der Waals surface area contributed by atoms with E-state index >= 15 is 0 Å². The number of nitrogens with one attached hydrogen (secondary N) is 1. The van der Waals surface area contributed by atoms with Gasteiger partial charge in [0.15, 0.2) is 0 Å². The average molecular weight is 197 g/mol. The van der Waals surface area contributed by atoms with Crippen LogP contribution in [0.3, 0.4) is 0 Å². The van der Waals surface area contributed by atoms with Crippen molar-refractivity contribution in [3.8, 4) is 17.3 Å². The molecule has 0 bridgehead atoms. The molecule has 0 aliphatic heterocycles. The van der Waals surface area contributed by atoms with Crippen LogP contribution in [0.15, 0.2) is 41.2 Å². The number of H-pyrrole nitrogens is 1. The minimum atomic E-state index is -0.461. The fraction of sp³-hybridized carbons (Fsp3) is 0. The summed E-state index contributed by atoms with van der Waals surface area (Å²) in [7, 11) is 0. The Bertz CT molecular complexity index is 566. The lowest BCUT2D eigenvalue weighted by atomic mass is 10.1. The first-order valence-electron chi connectivity index (χ1n) is 4.36. The van der Waals surface area contributed by atoms with Gasteiger partial charge in [-0.1, -0.05) is 30.3 Å². The van der Waals surface area contributed by atoms with Gasteiger partial charge in [-0.15, -0.1) is 0 Å². The van der Waals surface area contributed by atoms with Gasteiger partial charge in [0.25, 0.3) is 5.56 Å². The lowest BCUT2D eigenvalue weighted by molar-refractivity contribution is 0.987. The predicted octanol–water partition coefficient (Wildman–Crippen LogP) is 1.31. The van der Waals surface area contributed by atoms with Crippen LogP contribution in [-0.4, -0.2) is 10.2 Å². The number of benzene rings is 1. The summed E-state index contributed by atoms with van der Waals surface area (Å²) in [4.78, 5) is 11.1. The van der Waals surface area contributed by atoms with Crippen molar-refractivity contribution in [3.63, 3.8) is 0 Å². The Balaban J connectivity index is 2.57. The zero-order valence-electron chi connectivity index (χ0n) is 7.77. The molecule has 0 unspecified atom stereocenters. The van der Waals surface area contributed by atoms with Gasteiger partial charge in [-0.05, 0) is 6.07 Å². The van der Waals surface area contributed by atoms with E-state index in [1.54, 1.807) is 0 Å². The van der Waals surface area contributed by atoms with E-state index in [0.717, 1.165) is 5.56 Å². The topological polar surface area (TPSA) is 69.5 Å². The largest absolute Gasteiger partial charge is 0.282 e. The second kappa shape index (κ2) is 3.76. The molecule has 72 valence electrons. The fourth-order valence-corrected chi connectivity index (χ4v) is 1.25. The van der Waals surface area contributed by atoms with Crippen LogP contribution in [0.2, 0.25) is 0 Å². The number of hydrogen-bond acceptors (Lipinski definition) is 3. The van der Waals surface area contributed by atoms with Crippen molar-refractivity contribution in [1.29, 1.82) is 5.26 Å². The number of rotatable bonds is 1. The van der Waals surface area contributed by atoms with Crippen molar-refractivity contribution in [1.82, 2.24) is 10.2 Å². The molecule has 0 saturated heterocycles. The van der Waals surface area contributed by atoms with Gasteiger partial charge in [0.2, 0.25) is 0 Å². The summed E-state index contributed by atoms with van der Waals surface area (Å²) in [6.07, 6.45) is 0. The van der Waals surface area contributed by atoms with E-state index < -0.39 is 5.56 Å². The number of aromatic nitrogens is 2. The maximum absolute atomic E-state index is 11.1. The van der Waals surface area contributed by atoms with Crippen molar-refractivity contribution in [2.75, 3.05) is 0 Å². The maximum atomic E-state index is 11.1. The van der Waals surface area contributed by atoms with Crippen molar-refractivity contribution in [3.05, 3.63) is 52.3 Å². The summed E-state index contributed by atoms with van der Waals surface area (Å²) in [5.41, 5.74) is 1.07. The van der Waals surface area contributed by atoms with Crippen LogP contribution in [0.4, 0.5) is 0 Å². The molecule has 1 N–H and O–H groups in total. The number of hydrogen-bond donors (Lipinski definition) is 1. The molecular formula is C11H7N3O. The van der Waals surface area contributed by atoms with E-state index in [1.807, 2.05) is 36.4 Å². The molecule has 1 heterocycles. The van der Waals surface area contributed by atoms with Crippen molar-refractivity contribution in [2.24, 2.45) is 0 Å². The smallest absolute Gasteiger partial charge is 0.267 e. The molecule has 4 heteroatoms. The van der Waals surface area contributed by atoms with Crippen LogP contribution >= 0.6 is 0 Å². The van der Waals surface area contributed by atoms with Gasteiger partial charge < -0.3 is 0 Å². The van der Waals surface area contributed by atoms with E-state index in [9.17, 15) is 4.79 Å². The van der Waals surface area contributed by atoms with E-state index in [4.69, 9.17) is 5.26 Å². The fourth-order valence-electron chi connectivity index (χ4n) is 1.25. The highest BCUT2D eigenvalue weighted by Crippen LogP contribution is 2.14. The first kappa shape index (κ1) is 9.16. The molecular weight excluding hydrogens is 190 g/mol. The van der Waals surface area contributed by atoms with Crippen LogP contribution < -0.4 is 5.56 Å². The zero-order chi connectivity index (χ0) is 10.7. The minimum Gasteiger partial charge on any atom is -0.267 e. The summed E-state index contributed by atoms with van der Waals surface area (Å²) in [5.74, 6) is 0. The van der Waals surface area contributed by atoms with Crippen LogP contribution in [0, 0.1) is 11.3 Å². The Kier molecular flexibility index (Phi) is 2.30. The van der Waals surface area contributed by atoms with Gasteiger partial charge in [-0.3, -0.25) is 4.79 Å². The maximum Gasteiger partial charge on any atom is 0.282 e. The van der Waals surface area contributed by atoms with Crippen LogP contribution in [-0.2, 0) is 0 Å². The second-order valence-electron chi connectivity index (χ2n) is 2.97. The Hall–Kier alpha value is -2.41. The molecule has 0 atom stereocenters. The second-order valence-corrected chi connectivity index (χ2v) is 2.97. The SMILES string of the molecule is N#Cc1cc(-c2ccccc2)n[nH]c1=O. The molecule has 15 heavy (non-hydrogen) atoms. The van der Waals surface area contributed by atoms with E-state index in [1.165, 1.54) is 6.07 Å². The quantitative estimate of drug-likeness (QED) is 0.749. The normalized spacial score (nSPS) is 9.53. The zero-order valence-corrected chi connectivity index (χ0v) is 7.77. The molecule has 0 aliphatic rings.